The Kier molecular flexibility index (Phi) is 6.50. The predicted molar refractivity (Wildman–Crippen MR) is 142 cm³/mol. The number of H-pyrrole nitrogens is 1. The van der Waals surface area contributed by atoms with E-state index in [1.165, 1.54) is 6.08 Å². The van der Waals surface area contributed by atoms with Crippen molar-refractivity contribution >= 4 is 40.0 Å². The first kappa shape index (κ1) is 23.3. The number of pyridine rings is 1. The van der Waals surface area contributed by atoms with Gasteiger partial charge in [0, 0.05) is 61.8 Å². The van der Waals surface area contributed by atoms with Crippen LogP contribution in [-0.4, -0.2) is 71.1 Å². The number of aromatic nitrogens is 4. The number of ether oxygens (including phenoxy) is 1. The number of anilines is 4. The van der Waals surface area contributed by atoms with Crippen molar-refractivity contribution in [2.75, 3.05) is 55.9 Å². The third kappa shape index (κ3) is 4.71. The summed E-state index contributed by atoms with van der Waals surface area (Å²) < 4.78 is 5.74. The highest BCUT2D eigenvalue weighted by Gasteiger charge is 2.21. The maximum atomic E-state index is 12.3. The number of hydrogen-bond acceptors (Lipinski definition) is 8. The van der Waals surface area contributed by atoms with Gasteiger partial charge in [-0.05, 0) is 37.4 Å². The third-order valence-corrected chi connectivity index (χ3v) is 6.20. The quantitative estimate of drug-likeness (QED) is 0.341. The monoisotopic (exact) mass is 484 g/mol. The van der Waals surface area contributed by atoms with Crippen LogP contribution < -0.4 is 20.3 Å². The molecule has 3 N–H and O–H groups in total. The average molecular weight is 485 g/mol. The van der Waals surface area contributed by atoms with E-state index in [1.807, 2.05) is 36.5 Å². The minimum absolute atomic E-state index is 0.288. The summed E-state index contributed by atoms with van der Waals surface area (Å²) in [4.78, 5) is 33.6. The number of nitrogens with zero attached hydrogens (tertiary/aromatic N) is 5. The van der Waals surface area contributed by atoms with E-state index in [2.05, 4.69) is 49.0 Å². The fourth-order valence-electron chi connectivity index (χ4n) is 4.27. The third-order valence-electron chi connectivity index (χ3n) is 6.20. The molecule has 0 bridgehead atoms. The van der Waals surface area contributed by atoms with Crippen LogP contribution in [0.15, 0.2) is 61.6 Å². The maximum absolute atomic E-state index is 12.3. The van der Waals surface area contributed by atoms with Crippen molar-refractivity contribution in [2.24, 2.45) is 0 Å². The fraction of sp³-hybridized carbons (Fsp3) is 0.231. The minimum Gasteiger partial charge on any atom is -0.494 e. The molecule has 1 saturated heterocycles. The molecular formula is C26H28N8O2. The van der Waals surface area contributed by atoms with Crippen LogP contribution in [0.4, 0.5) is 23.0 Å². The molecule has 10 heteroatoms. The molecular weight excluding hydrogens is 456 g/mol. The summed E-state index contributed by atoms with van der Waals surface area (Å²) >= 11 is 0. The molecule has 4 aromatic rings. The first-order chi connectivity index (χ1) is 17.6. The molecule has 4 heterocycles. The summed E-state index contributed by atoms with van der Waals surface area (Å²) in [5, 5.41) is 7.13. The van der Waals surface area contributed by atoms with Crippen LogP contribution in [0.5, 0.6) is 5.75 Å². The van der Waals surface area contributed by atoms with Crippen molar-refractivity contribution in [3.8, 4) is 17.0 Å². The van der Waals surface area contributed by atoms with E-state index in [9.17, 15) is 4.79 Å². The van der Waals surface area contributed by atoms with Crippen LogP contribution in [0.3, 0.4) is 0 Å². The molecule has 1 fully saturated rings. The van der Waals surface area contributed by atoms with Crippen molar-refractivity contribution in [1.82, 2.24) is 24.8 Å². The number of benzene rings is 1. The molecule has 1 aliphatic heterocycles. The van der Waals surface area contributed by atoms with Crippen molar-refractivity contribution in [3.05, 3.63) is 61.6 Å². The van der Waals surface area contributed by atoms with E-state index < -0.39 is 0 Å². The SMILES string of the molecule is C=CC(=O)Nc1cc(Nc2nc(-c3cccnc3)c3cc[nH]c3n2)c(OC)cc1N1CCN(C)CC1. The Hall–Kier alpha value is -4.44. The van der Waals surface area contributed by atoms with Crippen molar-refractivity contribution < 1.29 is 9.53 Å². The van der Waals surface area contributed by atoms with E-state index in [0.717, 1.165) is 48.5 Å². The predicted octanol–water partition coefficient (Wildman–Crippen LogP) is 3.65. The number of carbonyl (C=O) groups excluding carboxylic acids is 1. The minimum atomic E-state index is -0.288. The van der Waals surface area contributed by atoms with Gasteiger partial charge in [-0.1, -0.05) is 6.58 Å². The summed E-state index contributed by atoms with van der Waals surface area (Å²) in [6.45, 7) is 7.13. The van der Waals surface area contributed by atoms with E-state index in [1.54, 1.807) is 19.5 Å². The van der Waals surface area contributed by atoms with Crippen molar-refractivity contribution in [1.29, 1.82) is 0 Å². The normalized spacial score (nSPS) is 14.0. The topological polar surface area (TPSA) is 111 Å². The molecule has 0 aliphatic carbocycles. The molecule has 0 unspecified atom stereocenters. The summed E-state index contributed by atoms with van der Waals surface area (Å²) in [7, 11) is 3.72. The number of carbonyl (C=O) groups is 1. The van der Waals surface area contributed by atoms with Gasteiger partial charge >= 0.3 is 0 Å². The summed E-state index contributed by atoms with van der Waals surface area (Å²) in [5.41, 5.74) is 4.49. The number of piperazine rings is 1. The van der Waals surface area contributed by atoms with E-state index in [4.69, 9.17) is 9.72 Å². The number of hydrogen-bond donors (Lipinski definition) is 3. The second kappa shape index (κ2) is 10.0. The molecule has 3 aromatic heterocycles. The van der Waals surface area contributed by atoms with Gasteiger partial charge in [-0.2, -0.15) is 4.98 Å². The molecule has 0 saturated carbocycles. The molecule has 1 aromatic carbocycles. The molecule has 5 rings (SSSR count). The number of methoxy groups -OCH3 is 1. The van der Waals surface area contributed by atoms with Gasteiger partial charge in [0.05, 0.1) is 29.9 Å². The second-order valence-corrected chi connectivity index (χ2v) is 8.56. The number of nitrogens with one attached hydrogen (secondary N) is 3. The Balaban J connectivity index is 1.56. The van der Waals surface area contributed by atoms with Crippen LogP contribution in [0.25, 0.3) is 22.3 Å². The zero-order valence-electron chi connectivity index (χ0n) is 20.3. The molecule has 0 radical (unpaired) electrons. The summed E-state index contributed by atoms with van der Waals surface area (Å²) in [6, 6.07) is 9.55. The van der Waals surface area contributed by atoms with Gasteiger partial charge in [-0.25, -0.2) is 4.98 Å². The van der Waals surface area contributed by atoms with Crippen LogP contribution >= 0.6 is 0 Å². The first-order valence-electron chi connectivity index (χ1n) is 11.7. The fourth-order valence-corrected chi connectivity index (χ4v) is 4.27. The Morgan fingerprint density at radius 3 is 2.72 bits per heavy atom. The standard InChI is InChI=1S/C26H28N8O2/c1-4-23(35)29-19-14-20(22(36-3)15-21(19)34-12-10-33(2)11-13-34)30-26-31-24(17-6-5-8-27-16-17)18-7-9-28-25(18)32-26/h4-9,14-16H,1,10-13H2,2-3H3,(H,29,35)(H2,28,30,31,32). The highest BCUT2D eigenvalue weighted by atomic mass is 16.5. The zero-order chi connectivity index (χ0) is 25.1. The smallest absolute Gasteiger partial charge is 0.247 e. The van der Waals surface area contributed by atoms with Crippen LogP contribution in [-0.2, 0) is 4.79 Å². The Morgan fingerprint density at radius 2 is 2.00 bits per heavy atom. The van der Waals surface area contributed by atoms with Gasteiger partial charge in [0.2, 0.25) is 11.9 Å². The number of likely N-dealkylation sites (N-methyl/N-ethyl adjacent to an activating group) is 1. The largest absolute Gasteiger partial charge is 0.494 e. The van der Waals surface area contributed by atoms with Crippen LogP contribution in [0, 0.1) is 0 Å². The Bertz CT molecular complexity index is 1390. The van der Waals surface area contributed by atoms with E-state index in [0.29, 0.717) is 28.7 Å². The van der Waals surface area contributed by atoms with E-state index in [-0.39, 0.29) is 5.91 Å². The lowest BCUT2D eigenvalue weighted by Gasteiger charge is -2.35. The summed E-state index contributed by atoms with van der Waals surface area (Å²) in [6.07, 6.45) is 6.59. The van der Waals surface area contributed by atoms with Gasteiger partial charge < -0.3 is 30.2 Å². The second-order valence-electron chi connectivity index (χ2n) is 8.56. The molecule has 184 valence electrons. The lowest BCUT2D eigenvalue weighted by Crippen LogP contribution is -2.44. The molecule has 10 nitrogen and oxygen atoms in total. The maximum Gasteiger partial charge on any atom is 0.247 e. The Labute approximate surface area is 209 Å². The zero-order valence-corrected chi connectivity index (χ0v) is 20.3. The van der Waals surface area contributed by atoms with Crippen LogP contribution in [0.2, 0.25) is 0 Å². The van der Waals surface area contributed by atoms with Gasteiger partial charge in [-0.15, -0.1) is 0 Å². The first-order valence-corrected chi connectivity index (χ1v) is 11.7. The van der Waals surface area contributed by atoms with Gasteiger partial charge in [0.15, 0.2) is 0 Å². The molecule has 1 aliphatic rings. The van der Waals surface area contributed by atoms with Crippen molar-refractivity contribution in [2.45, 2.75) is 0 Å². The van der Waals surface area contributed by atoms with Gasteiger partial charge in [0.1, 0.15) is 11.4 Å². The lowest BCUT2D eigenvalue weighted by molar-refractivity contribution is -0.111. The summed E-state index contributed by atoms with van der Waals surface area (Å²) in [5.74, 6) is 0.707. The number of rotatable bonds is 7. The van der Waals surface area contributed by atoms with Crippen LogP contribution in [0.1, 0.15) is 0 Å². The number of amides is 1. The van der Waals surface area contributed by atoms with E-state index >= 15 is 0 Å². The number of aromatic amines is 1. The molecule has 36 heavy (non-hydrogen) atoms. The molecule has 0 atom stereocenters. The lowest BCUT2D eigenvalue weighted by atomic mass is 10.1. The highest BCUT2D eigenvalue weighted by molar-refractivity contribution is 6.02. The average Bonchev–Trinajstić information content (AvgIpc) is 3.38. The van der Waals surface area contributed by atoms with Gasteiger partial charge in [0.25, 0.3) is 0 Å². The molecule has 0 spiro atoms. The van der Waals surface area contributed by atoms with Gasteiger partial charge in [-0.3, -0.25) is 9.78 Å². The number of fused-ring (bicyclic) bond motifs is 1. The molecule has 1 amide bonds. The Morgan fingerprint density at radius 1 is 1.17 bits per heavy atom. The highest BCUT2D eigenvalue weighted by Crippen LogP contribution is 2.39. The van der Waals surface area contributed by atoms with Crippen molar-refractivity contribution in [3.63, 3.8) is 0 Å².